The number of carbonyl (C=O) groups is 4. The Balaban J connectivity index is 5.25. The first-order valence-electron chi connectivity index (χ1n) is 45.5. The van der Waals surface area contributed by atoms with Crippen molar-refractivity contribution in [2.75, 3.05) is 39.6 Å². The standard InChI is InChI=1S/C88H172O17P2/c1-7-9-11-13-15-17-19-21-23-24-25-26-27-28-33-37-41-49-55-61-67-73-88(93)104-83(76-98-85(90)70-64-58-52-46-39-36-32-30-29-31-34-38-44-50-56-62-68-80(3)4)78-102-106(94,95)100-74-82(89)75-101-107(96,97)103-79-84(77-99-86(91)71-65-59-53-47-43-42-45-51-57-63-69-81(5)6)105-87(92)72-66-60-54-48-40-35-22-20-18-16-14-12-10-8-2/h80-84,89H,7-79H2,1-6H3,(H,94,95)(H,96,97)/t82-,83-,84-/m1/s1. The number of carbonyl (C=O) groups excluding carboxylic acids is 4. The Kier molecular flexibility index (Phi) is 77.9. The molecule has 3 N–H and O–H groups in total. The van der Waals surface area contributed by atoms with Gasteiger partial charge in [-0.2, -0.15) is 0 Å². The van der Waals surface area contributed by atoms with Crippen molar-refractivity contribution in [3.05, 3.63) is 0 Å². The minimum absolute atomic E-state index is 0.108. The molecular weight excluding hydrogens is 1390 g/mol. The molecule has 636 valence electrons. The molecule has 0 aliphatic rings. The number of hydrogen-bond acceptors (Lipinski definition) is 15. The lowest BCUT2D eigenvalue weighted by molar-refractivity contribution is -0.161. The first-order valence-corrected chi connectivity index (χ1v) is 48.5. The van der Waals surface area contributed by atoms with Crippen LogP contribution in [-0.2, 0) is 65.4 Å². The molecule has 0 aromatic rings. The zero-order valence-corrected chi connectivity index (χ0v) is 72.2. The minimum atomic E-state index is -4.97. The maximum Gasteiger partial charge on any atom is 0.472 e. The highest BCUT2D eigenvalue weighted by atomic mass is 31.2. The van der Waals surface area contributed by atoms with Gasteiger partial charge in [0.05, 0.1) is 26.4 Å². The monoisotopic (exact) mass is 1560 g/mol. The summed E-state index contributed by atoms with van der Waals surface area (Å²) in [4.78, 5) is 73.3. The van der Waals surface area contributed by atoms with Crippen molar-refractivity contribution in [3.8, 4) is 0 Å². The molecule has 0 aromatic heterocycles. The van der Waals surface area contributed by atoms with Gasteiger partial charge in [-0.25, -0.2) is 9.13 Å². The Morgan fingerprint density at radius 2 is 0.430 bits per heavy atom. The molecule has 17 nitrogen and oxygen atoms in total. The number of phosphoric ester groups is 2. The second-order valence-electron chi connectivity index (χ2n) is 32.6. The van der Waals surface area contributed by atoms with Crippen LogP contribution in [0.4, 0.5) is 0 Å². The number of aliphatic hydroxyl groups is 1. The van der Waals surface area contributed by atoms with Crippen LogP contribution >= 0.6 is 15.6 Å². The summed E-state index contributed by atoms with van der Waals surface area (Å²) in [5, 5.41) is 10.7. The molecule has 0 amide bonds. The van der Waals surface area contributed by atoms with E-state index >= 15 is 0 Å². The summed E-state index contributed by atoms with van der Waals surface area (Å²) >= 11 is 0. The van der Waals surface area contributed by atoms with Crippen molar-refractivity contribution in [2.24, 2.45) is 11.8 Å². The lowest BCUT2D eigenvalue weighted by Gasteiger charge is -2.21. The number of aliphatic hydroxyl groups excluding tert-OH is 1. The van der Waals surface area contributed by atoms with Gasteiger partial charge in [0.25, 0.3) is 0 Å². The predicted octanol–water partition coefficient (Wildman–Crippen LogP) is 27.0. The Morgan fingerprint density at radius 3 is 0.636 bits per heavy atom. The normalized spacial score (nSPS) is 13.8. The summed E-state index contributed by atoms with van der Waals surface area (Å²) in [5.74, 6) is -0.527. The van der Waals surface area contributed by atoms with E-state index in [0.717, 1.165) is 102 Å². The highest BCUT2D eigenvalue weighted by Crippen LogP contribution is 2.45. The molecule has 19 heteroatoms. The Labute approximate surface area is 658 Å². The van der Waals surface area contributed by atoms with Crippen LogP contribution < -0.4 is 0 Å². The van der Waals surface area contributed by atoms with E-state index in [2.05, 4.69) is 41.5 Å². The molecule has 2 unspecified atom stereocenters. The number of hydrogen-bond donors (Lipinski definition) is 3. The fourth-order valence-electron chi connectivity index (χ4n) is 13.8. The summed E-state index contributed by atoms with van der Waals surface area (Å²) in [5.41, 5.74) is 0. The molecule has 0 heterocycles. The van der Waals surface area contributed by atoms with Gasteiger partial charge < -0.3 is 33.8 Å². The predicted molar refractivity (Wildman–Crippen MR) is 442 cm³/mol. The molecular formula is C88H172O17P2. The SMILES string of the molecule is CCCCCCCCCCCCCCCCCCCCCCCC(=O)O[C@H](COC(=O)CCCCCCCCCCCCCCCCCCC(C)C)COP(=O)(O)OC[C@@H](O)COP(=O)(O)OC[C@@H](COC(=O)CCCCCCCCCCCCC(C)C)OC(=O)CCCCCCCCCCCCCCCC. The highest BCUT2D eigenvalue weighted by molar-refractivity contribution is 7.47. The van der Waals surface area contributed by atoms with Crippen LogP contribution in [0.15, 0.2) is 0 Å². The van der Waals surface area contributed by atoms with Crippen LogP contribution in [0.25, 0.3) is 0 Å². The van der Waals surface area contributed by atoms with E-state index in [-0.39, 0.29) is 25.7 Å². The molecule has 0 bridgehead atoms. The average Bonchev–Trinajstić information content (AvgIpc) is 0.907. The van der Waals surface area contributed by atoms with E-state index in [1.807, 2.05) is 0 Å². The van der Waals surface area contributed by atoms with Crippen LogP contribution in [0.1, 0.15) is 472 Å². The molecule has 5 atom stereocenters. The van der Waals surface area contributed by atoms with Gasteiger partial charge in [-0.3, -0.25) is 37.3 Å². The molecule has 0 saturated carbocycles. The summed E-state index contributed by atoms with van der Waals surface area (Å²) in [6.07, 6.45) is 72.2. The van der Waals surface area contributed by atoms with Crippen molar-refractivity contribution in [1.82, 2.24) is 0 Å². The van der Waals surface area contributed by atoms with E-state index in [9.17, 15) is 43.2 Å². The van der Waals surface area contributed by atoms with Crippen molar-refractivity contribution in [1.29, 1.82) is 0 Å². The topological polar surface area (TPSA) is 237 Å². The number of esters is 4. The molecule has 0 spiro atoms. The first-order chi connectivity index (χ1) is 51.9. The van der Waals surface area contributed by atoms with Crippen LogP contribution in [0.5, 0.6) is 0 Å². The van der Waals surface area contributed by atoms with Gasteiger partial charge in [-0.15, -0.1) is 0 Å². The maximum absolute atomic E-state index is 13.2. The number of unbranched alkanes of at least 4 members (excludes halogenated alkanes) is 57. The third-order valence-electron chi connectivity index (χ3n) is 20.7. The van der Waals surface area contributed by atoms with E-state index in [0.29, 0.717) is 25.7 Å². The fraction of sp³-hybridized carbons (Fsp3) is 0.955. The van der Waals surface area contributed by atoms with Crippen molar-refractivity contribution >= 4 is 39.5 Å². The second kappa shape index (κ2) is 79.3. The van der Waals surface area contributed by atoms with Crippen molar-refractivity contribution < 1.29 is 80.2 Å². The summed E-state index contributed by atoms with van der Waals surface area (Å²) in [7, 11) is -9.93. The lowest BCUT2D eigenvalue weighted by atomic mass is 10.0. The summed E-state index contributed by atoms with van der Waals surface area (Å²) < 4.78 is 69.0. The van der Waals surface area contributed by atoms with Gasteiger partial charge in [0.15, 0.2) is 12.2 Å². The third-order valence-corrected chi connectivity index (χ3v) is 22.6. The lowest BCUT2D eigenvalue weighted by Crippen LogP contribution is -2.30. The average molecular weight is 1560 g/mol. The van der Waals surface area contributed by atoms with Gasteiger partial charge >= 0.3 is 39.5 Å². The van der Waals surface area contributed by atoms with E-state index in [1.165, 1.54) is 289 Å². The largest absolute Gasteiger partial charge is 0.472 e. The minimum Gasteiger partial charge on any atom is -0.462 e. The maximum atomic E-state index is 13.2. The molecule has 0 rings (SSSR count). The molecule has 0 radical (unpaired) electrons. The second-order valence-corrected chi connectivity index (χ2v) is 35.5. The number of phosphoric acid groups is 2. The third kappa shape index (κ3) is 81.9. The quantitative estimate of drug-likeness (QED) is 0.0222. The first kappa shape index (κ1) is 105. The molecule has 0 aromatic carbocycles. The molecule has 0 saturated heterocycles. The van der Waals surface area contributed by atoms with Gasteiger partial charge in [-0.1, -0.05) is 420 Å². The van der Waals surface area contributed by atoms with Crippen LogP contribution in [0.3, 0.4) is 0 Å². The molecule has 0 aliphatic carbocycles. The van der Waals surface area contributed by atoms with Gasteiger partial charge in [0.1, 0.15) is 19.3 Å². The van der Waals surface area contributed by atoms with E-state index < -0.39 is 97.5 Å². The summed E-state index contributed by atoms with van der Waals surface area (Å²) in [6.45, 7) is 9.71. The zero-order valence-electron chi connectivity index (χ0n) is 70.5. The van der Waals surface area contributed by atoms with Crippen molar-refractivity contribution in [3.63, 3.8) is 0 Å². The van der Waals surface area contributed by atoms with E-state index in [4.69, 9.17) is 37.0 Å². The molecule has 0 fully saturated rings. The smallest absolute Gasteiger partial charge is 0.462 e. The Hall–Kier alpha value is -1.94. The Morgan fingerprint density at radius 1 is 0.252 bits per heavy atom. The van der Waals surface area contributed by atoms with Gasteiger partial charge in [-0.05, 0) is 37.5 Å². The Bertz CT molecular complexity index is 2050. The molecule has 0 aliphatic heterocycles. The number of rotatable bonds is 87. The zero-order chi connectivity index (χ0) is 78.5. The van der Waals surface area contributed by atoms with Crippen LogP contribution in [-0.4, -0.2) is 96.7 Å². The van der Waals surface area contributed by atoms with E-state index in [1.54, 1.807) is 0 Å². The van der Waals surface area contributed by atoms with Gasteiger partial charge in [0, 0.05) is 25.7 Å². The fourth-order valence-corrected chi connectivity index (χ4v) is 15.4. The van der Waals surface area contributed by atoms with Crippen LogP contribution in [0.2, 0.25) is 0 Å². The summed E-state index contributed by atoms with van der Waals surface area (Å²) in [6, 6.07) is 0. The van der Waals surface area contributed by atoms with Crippen molar-refractivity contribution in [2.45, 2.75) is 490 Å². The van der Waals surface area contributed by atoms with Crippen LogP contribution in [0, 0.1) is 11.8 Å². The van der Waals surface area contributed by atoms with Gasteiger partial charge in [0.2, 0.25) is 0 Å². The number of ether oxygens (including phenoxy) is 4. The molecule has 107 heavy (non-hydrogen) atoms. The highest BCUT2D eigenvalue weighted by Gasteiger charge is 2.30.